The van der Waals surface area contributed by atoms with Crippen LogP contribution in [0.5, 0.6) is 0 Å². The van der Waals surface area contributed by atoms with Gasteiger partial charge in [-0.3, -0.25) is 0 Å². The summed E-state index contributed by atoms with van der Waals surface area (Å²) in [6.07, 6.45) is 12.8. The van der Waals surface area contributed by atoms with Crippen molar-refractivity contribution in [3.05, 3.63) is 0 Å². The van der Waals surface area contributed by atoms with Gasteiger partial charge in [0, 0.05) is 0 Å². The highest BCUT2D eigenvalue weighted by molar-refractivity contribution is 7.74. The summed E-state index contributed by atoms with van der Waals surface area (Å²) in [5, 5.41) is 0. The van der Waals surface area contributed by atoms with Crippen LogP contribution in [-0.4, -0.2) is 24.3 Å². The zero-order chi connectivity index (χ0) is 11.6. The fraction of sp³-hybridized carbons (Fsp3) is 0.929. The van der Waals surface area contributed by atoms with Gasteiger partial charge in [-0.15, -0.1) is 6.89 Å². The molecule has 0 saturated heterocycles. The first-order valence-electron chi connectivity index (χ1n) is 6.94. The molecule has 0 N–H and O–H groups in total. The molecule has 0 atom stereocenters. The molecule has 1 heteroatoms. The Bertz CT molecular complexity index is 170. The van der Waals surface area contributed by atoms with Crippen molar-refractivity contribution in [3.63, 3.8) is 0 Å². The number of rotatable bonds is 9. The summed E-state index contributed by atoms with van der Waals surface area (Å²) in [4.78, 5) is 0. The van der Waals surface area contributed by atoms with E-state index < -0.39 is 6.89 Å². The van der Waals surface area contributed by atoms with Crippen LogP contribution in [0.2, 0.25) is 0 Å². The third-order valence-electron chi connectivity index (χ3n) is 3.35. The highest BCUT2D eigenvalue weighted by Crippen LogP contribution is 2.48. The van der Waals surface area contributed by atoms with Gasteiger partial charge < -0.3 is 0 Å². The average molecular weight is 230 g/mol. The normalized spacial score (nSPS) is 11.7. The molecule has 0 aliphatic rings. The van der Waals surface area contributed by atoms with E-state index in [4.69, 9.17) is 0 Å². The second kappa shape index (κ2) is 9.52. The second-order valence-electron chi connectivity index (χ2n) is 4.66. The minimum Gasteiger partial charge on any atom is -0.109 e. The third kappa shape index (κ3) is 6.46. The van der Waals surface area contributed by atoms with Crippen molar-refractivity contribution in [2.24, 2.45) is 0 Å². The Labute approximate surface area is 97.8 Å². The standard InChI is InChI=1S/C14H31P/c1-5-9-12-15(8-4,13-10-6-2)14-11-7-3/h12H,5-11,13-14H2,1-4H3. The molecule has 0 radical (unpaired) electrons. The van der Waals surface area contributed by atoms with E-state index in [-0.39, 0.29) is 0 Å². The lowest BCUT2D eigenvalue weighted by molar-refractivity contribution is 0.864. The third-order valence-corrected chi connectivity index (χ3v) is 8.05. The molecule has 0 aromatic carbocycles. The van der Waals surface area contributed by atoms with E-state index in [0.29, 0.717) is 0 Å². The molecule has 0 bridgehead atoms. The fourth-order valence-electron chi connectivity index (χ4n) is 2.09. The van der Waals surface area contributed by atoms with Crippen LogP contribution in [0.3, 0.4) is 0 Å². The van der Waals surface area contributed by atoms with Crippen molar-refractivity contribution in [2.75, 3.05) is 18.5 Å². The number of hydrogen-bond acceptors (Lipinski definition) is 0. The Morgan fingerprint density at radius 2 is 1.33 bits per heavy atom. The Kier molecular flexibility index (Phi) is 9.71. The zero-order valence-electron chi connectivity index (χ0n) is 11.4. The molecule has 0 aromatic rings. The Morgan fingerprint density at radius 3 is 1.67 bits per heavy atom. The lowest BCUT2D eigenvalue weighted by Crippen LogP contribution is -2.02. The largest absolute Gasteiger partial charge is 0.109 e. The zero-order valence-corrected chi connectivity index (χ0v) is 12.3. The van der Waals surface area contributed by atoms with E-state index in [1.807, 2.05) is 0 Å². The van der Waals surface area contributed by atoms with Crippen molar-refractivity contribution < 1.29 is 0 Å². The van der Waals surface area contributed by atoms with Crippen molar-refractivity contribution in [1.29, 1.82) is 0 Å². The predicted molar refractivity (Wildman–Crippen MR) is 78.0 cm³/mol. The summed E-state index contributed by atoms with van der Waals surface area (Å²) in [6.45, 7) is 8.72. The van der Waals surface area contributed by atoms with Crippen LogP contribution in [0.15, 0.2) is 0 Å². The van der Waals surface area contributed by atoms with Crippen LogP contribution in [0.25, 0.3) is 0 Å². The molecule has 0 aromatic heterocycles. The van der Waals surface area contributed by atoms with Crippen LogP contribution in [0.1, 0.15) is 66.2 Å². The number of hydrogen-bond donors (Lipinski definition) is 0. The van der Waals surface area contributed by atoms with Gasteiger partial charge in [0.2, 0.25) is 0 Å². The first kappa shape index (κ1) is 15.3. The molecule has 92 valence electrons. The molecular weight excluding hydrogens is 199 g/mol. The summed E-state index contributed by atoms with van der Waals surface area (Å²) in [6, 6.07) is 0. The molecule has 0 rings (SSSR count). The van der Waals surface area contributed by atoms with Crippen molar-refractivity contribution in [2.45, 2.75) is 66.2 Å². The van der Waals surface area contributed by atoms with Gasteiger partial charge in [0.25, 0.3) is 0 Å². The minimum absolute atomic E-state index is 0.652. The topological polar surface area (TPSA) is 0 Å². The lowest BCUT2D eigenvalue weighted by Gasteiger charge is -2.25. The Morgan fingerprint density at radius 1 is 0.800 bits per heavy atom. The van der Waals surface area contributed by atoms with Crippen molar-refractivity contribution in [3.8, 4) is 0 Å². The monoisotopic (exact) mass is 230 g/mol. The van der Waals surface area contributed by atoms with E-state index in [0.717, 1.165) is 0 Å². The molecule has 0 aliphatic carbocycles. The van der Waals surface area contributed by atoms with E-state index in [1.54, 1.807) is 0 Å². The summed E-state index contributed by atoms with van der Waals surface area (Å²) < 4.78 is 0. The van der Waals surface area contributed by atoms with Gasteiger partial charge in [-0.25, -0.2) is 0 Å². The molecule has 0 fully saturated rings. The number of unbranched alkanes of at least 4 members (excludes halogenated alkanes) is 3. The van der Waals surface area contributed by atoms with Crippen LogP contribution < -0.4 is 0 Å². The van der Waals surface area contributed by atoms with Crippen LogP contribution in [0, 0.1) is 0 Å². The molecule has 0 spiro atoms. The molecular formula is C14H31P. The average Bonchev–Trinajstić information content (AvgIpc) is 2.29. The first-order chi connectivity index (χ1) is 7.24. The minimum atomic E-state index is -0.652. The molecule has 0 nitrogen and oxygen atoms in total. The van der Waals surface area contributed by atoms with Gasteiger partial charge in [0.15, 0.2) is 0 Å². The maximum absolute atomic E-state index is 2.75. The van der Waals surface area contributed by atoms with Crippen LogP contribution >= 0.6 is 6.89 Å². The van der Waals surface area contributed by atoms with Gasteiger partial charge in [-0.05, 0) is 37.7 Å². The van der Waals surface area contributed by atoms with Gasteiger partial charge in [-0.2, -0.15) is 0 Å². The van der Waals surface area contributed by atoms with Crippen molar-refractivity contribution in [1.82, 2.24) is 0 Å². The van der Waals surface area contributed by atoms with E-state index in [9.17, 15) is 0 Å². The molecule has 0 aliphatic heterocycles. The van der Waals surface area contributed by atoms with E-state index >= 15 is 0 Å². The van der Waals surface area contributed by atoms with Gasteiger partial charge in [-0.1, -0.05) is 52.8 Å². The maximum atomic E-state index is 2.75. The highest BCUT2D eigenvalue weighted by atomic mass is 31.2. The van der Waals surface area contributed by atoms with E-state index in [1.165, 1.54) is 57.0 Å². The van der Waals surface area contributed by atoms with Crippen molar-refractivity contribution >= 4 is 12.7 Å². The van der Waals surface area contributed by atoms with Gasteiger partial charge in [0.05, 0.1) is 0 Å². The second-order valence-corrected chi connectivity index (χ2v) is 8.99. The fourth-order valence-corrected chi connectivity index (χ4v) is 6.27. The predicted octanol–water partition coefficient (Wildman–Crippen LogP) is 5.23. The molecule has 0 heterocycles. The molecule has 0 unspecified atom stereocenters. The van der Waals surface area contributed by atoms with Crippen LogP contribution in [0.4, 0.5) is 0 Å². The lowest BCUT2D eigenvalue weighted by atomic mass is 10.4. The summed E-state index contributed by atoms with van der Waals surface area (Å²) >= 11 is 0. The smallest absolute Gasteiger partial charge is 0.0330 e. The molecule has 0 amide bonds. The Balaban J connectivity index is 4.44. The first-order valence-corrected chi connectivity index (χ1v) is 9.36. The highest BCUT2D eigenvalue weighted by Gasteiger charge is 2.12. The summed E-state index contributed by atoms with van der Waals surface area (Å²) in [7, 11) is 0. The van der Waals surface area contributed by atoms with Crippen LogP contribution in [-0.2, 0) is 0 Å². The molecule has 0 saturated carbocycles. The summed E-state index contributed by atoms with van der Waals surface area (Å²) in [5.74, 6) is 2.75. The quantitative estimate of drug-likeness (QED) is 0.476. The van der Waals surface area contributed by atoms with E-state index in [2.05, 4.69) is 33.5 Å². The SMILES string of the molecule is CCCC=P(CC)(CCCC)CCCC. The maximum Gasteiger partial charge on any atom is -0.0330 e. The Hall–Kier alpha value is 0.300. The van der Waals surface area contributed by atoms with Gasteiger partial charge in [0.1, 0.15) is 0 Å². The molecule has 15 heavy (non-hydrogen) atoms. The van der Waals surface area contributed by atoms with Gasteiger partial charge >= 0.3 is 0 Å². The summed E-state index contributed by atoms with van der Waals surface area (Å²) in [5.41, 5.74) is 0.